The van der Waals surface area contributed by atoms with E-state index in [0.29, 0.717) is 11.6 Å². The molecule has 0 amide bonds. The zero-order valence-electron chi connectivity index (χ0n) is 8.11. The minimum Gasteiger partial charge on any atom is -0.436 e. The highest BCUT2D eigenvalue weighted by Gasteiger charge is 2.09. The van der Waals surface area contributed by atoms with Crippen LogP contribution in [0.25, 0.3) is 22.6 Å². The predicted octanol–water partition coefficient (Wildman–Crippen LogP) is 3.90. The van der Waals surface area contributed by atoms with Crippen LogP contribution >= 0.6 is 27.3 Å². The van der Waals surface area contributed by atoms with E-state index in [1.165, 1.54) is 0 Å². The monoisotopic (exact) mass is 294 g/mol. The zero-order chi connectivity index (χ0) is 11.1. The molecule has 0 aliphatic heterocycles. The lowest BCUT2D eigenvalue weighted by molar-refractivity contribution is 0.620. The van der Waals surface area contributed by atoms with Crippen LogP contribution in [0, 0.1) is 0 Å². The minimum atomic E-state index is 0.627. The Kier molecular flexibility index (Phi) is 2.22. The molecule has 0 saturated heterocycles. The van der Waals surface area contributed by atoms with E-state index in [0.717, 1.165) is 20.4 Å². The van der Waals surface area contributed by atoms with Crippen molar-refractivity contribution in [1.29, 1.82) is 0 Å². The van der Waals surface area contributed by atoms with Crippen LogP contribution < -0.4 is 5.73 Å². The smallest absolute Gasteiger partial charge is 0.228 e. The van der Waals surface area contributed by atoms with Crippen LogP contribution in [-0.4, -0.2) is 4.98 Å². The van der Waals surface area contributed by atoms with Crippen molar-refractivity contribution in [3.63, 3.8) is 0 Å². The van der Waals surface area contributed by atoms with Gasteiger partial charge in [-0.2, -0.15) is 0 Å². The number of oxazole rings is 1. The van der Waals surface area contributed by atoms with E-state index >= 15 is 0 Å². The fourth-order valence-corrected chi connectivity index (χ4v) is 2.62. The highest BCUT2D eigenvalue weighted by molar-refractivity contribution is 9.11. The second-order valence-corrected chi connectivity index (χ2v) is 5.68. The molecule has 3 nitrogen and oxygen atoms in total. The topological polar surface area (TPSA) is 52.0 Å². The Morgan fingerprint density at radius 2 is 2.19 bits per heavy atom. The van der Waals surface area contributed by atoms with E-state index < -0.39 is 0 Å². The molecular weight excluding hydrogens is 288 g/mol. The largest absolute Gasteiger partial charge is 0.436 e. The van der Waals surface area contributed by atoms with Crippen molar-refractivity contribution >= 4 is 44.1 Å². The number of thiophene rings is 1. The average Bonchev–Trinajstić information content (AvgIpc) is 2.83. The lowest BCUT2D eigenvalue weighted by Gasteiger charge is -1.88. The molecule has 80 valence electrons. The van der Waals surface area contributed by atoms with Gasteiger partial charge in [0, 0.05) is 22.7 Å². The second kappa shape index (κ2) is 3.61. The molecule has 0 atom stereocenters. The maximum atomic E-state index is 5.68. The average molecular weight is 295 g/mol. The standard InChI is InChI=1S/C11H7BrN2OS/c12-10-3-6(5-16-10)11-14-8-2-1-7(13)4-9(8)15-11/h1-5H,13H2. The summed E-state index contributed by atoms with van der Waals surface area (Å²) in [7, 11) is 0. The van der Waals surface area contributed by atoms with E-state index in [4.69, 9.17) is 10.2 Å². The molecule has 0 spiro atoms. The molecule has 0 radical (unpaired) electrons. The van der Waals surface area contributed by atoms with Gasteiger partial charge in [0.2, 0.25) is 5.89 Å². The first-order valence-corrected chi connectivity index (χ1v) is 6.30. The van der Waals surface area contributed by atoms with Crippen molar-refractivity contribution in [3.05, 3.63) is 33.4 Å². The Bertz CT molecular complexity index is 659. The van der Waals surface area contributed by atoms with Gasteiger partial charge in [-0.3, -0.25) is 0 Å². The molecular formula is C11H7BrN2OS. The van der Waals surface area contributed by atoms with Crippen molar-refractivity contribution < 1.29 is 4.42 Å². The van der Waals surface area contributed by atoms with Crippen molar-refractivity contribution in [2.75, 3.05) is 5.73 Å². The molecule has 2 N–H and O–H groups in total. The van der Waals surface area contributed by atoms with Gasteiger partial charge in [0.05, 0.1) is 3.79 Å². The molecule has 0 fully saturated rings. The summed E-state index contributed by atoms with van der Waals surface area (Å²) in [6.45, 7) is 0. The number of fused-ring (bicyclic) bond motifs is 1. The summed E-state index contributed by atoms with van der Waals surface area (Å²) >= 11 is 5.02. The van der Waals surface area contributed by atoms with Crippen molar-refractivity contribution in [2.24, 2.45) is 0 Å². The van der Waals surface area contributed by atoms with Crippen LogP contribution in [0.3, 0.4) is 0 Å². The SMILES string of the molecule is Nc1ccc2nc(-c3csc(Br)c3)oc2c1. The molecule has 2 heterocycles. The summed E-state index contributed by atoms with van der Waals surface area (Å²) in [5.41, 5.74) is 8.89. The normalized spacial score (nSPS) is 11.1. The van der Waals surface area contributed by atoms with Crippen molar-refractivity contribution in [2.45, 2.75) is 0 Å². The second-order valence-electron chi connectivity index (χ2n) is 3.39. The van der Waals surface area contributed by atoms with Gasteiger partial charge in [-0.25, -0.2) is 4.98 Å². The first-order chi connectivity index (χ1) is 7.72. The van der Waals surface area contributed by atoms with Crippen molar-refractivity contribution in [3.8, 4) is 11.5 Å². The molecule has 0 unspecified atom stereocenters. The number of hydrogen-bond acceptors (Lipinski definition) is 4. The summed E-state index contributed by atoms with van der Waals surface area (Å²) in [4.78, 5) is 4.40. The quantitative estimate of drug-likeness (QED) is 0.693. The molecule has 3 rings (SSSR count). The highest BCUT2D eigenvalue weighted by Crippen LogP contribution is 2.31. The van der Waals surface area contributed by atoms with E-state index in [9.17, 15) is 0 Å². The minimum absolute atomic E-state index is 0.627. The lowest BCUT2D eigenvalue weighted by atomic mass is 10.3. The number of benzene rings is 1. The van der Waals surface area contributed by atoms with Crippen LogP contribution in [0.5, 0.6) is 0 Å². The van der Waals surface area contributed by atoms with Gasteiger partial charge < -0.3 is 10.2 Å². The molecule has 0 saturated carbocycles. The third kappa shape index (κ3) is 1.62. The Labute approximate surface area is 104 Å². The van der Waals surface area contributed by atoms with E-state index in [1.54, 1.807) is 17.4 Å². The van der Waals surface area contributed by atoms with Gasteiger partial charge in [-0.05, 0) is 34.1 Å². The van der Waals surface area contributed by atoms with E-state index in [-0.39, 0.29) is 0 Å². The third-order valence-corrected chi connectivity index (χ3v) is 3.73. The number of hydrogen-bond donors (Lipinski definition) is 1. The van der Waals surface area contributed by atoms with E-state index in [1.807, 2.05) is 23.6 Å². The molecule has 0 aliphatic rings. The van der Waals surface area contributed by atoms with Gasteiger partial charge in [0.1, 0.15) is 5.52 Å². The maximum Gasteiger partial charge on any atom is 0.228 e. The Morgan fingerprint density at radius 3 is 2.94 bits per heavy atom. The fraction of sp³-hybridized carbons (Fsp3) is 0. The predicted molar refractivity (Wildman–Crippen MR) is 69.4 cm³/mol. The number of nitrogen functional groups attached to an aromatic ring is 1. The van der Waals surface area contributed by atoms with Gasteiger partial charge in [0.25, 0.3) is 0 Å². The third-order valence-electron chi connectivity index (χ3n) is 2.23. The molecule has 0 bridgehead atoms. The molecule has 2 aromatic heterocycles. The van der Waals surface area contributed by atoms with Gasteiger partial charge >= 0.3 is 0 Å². The van der Waals surface area contributed by atoms with Crippen molar-refractivity contribution in [1.82, 2.24) is 4.98 Å². The number of nitrogens with zero attached hydrogens (tertiary/aromatic N) is 1. The number of rotatable bonds is 1. The fourth-order valence-electron chi connectivity index (χ4n) is 1.49. The molecule has 5 heteroatoms. The summed E-state index contributed by atoms with van der Waals surface area (Å²) in [6, 6.07) is 7.45. The van der Waals surface area contributed by atoms with Crippen LogP contribution in [0.4, 0.5) is 5.69 Å². The summed E-state index contributed by atoms with van der Waals surface area (Å²) in [6.07, 6.45) is 0. The molecule has 3 aromatic rings. The van der Waals surface area contributed by atoms with Crippen LogP contribution in [-0.2, 0) is 0 Å². The van der Waals surface area contributed by atoms with Crippen LogP contribution in [0.15, 0.2) is 37.8 Å². The first kappa shape index (κ1) is 9.86. The summed E-state index contributed by atoms with van der Waals surface area (Å²) < 4.78 is 6.70. The van der Waals surface area contributed by atoms with Gasteiger partial charge in [-0.15, -0.1) is 11.3 Å². The lowest BCUT2D eigenvalue weighted by Crippen LogP contribution is -1.81. The summed E-state index contributed by atoms with van der Waals surface area (Å²) in [5, 5.41) is 2.00. The Hall–Kier alpha value is -1.33. The van der Waals surface area contributed by atoms with Gasteiger partial charge in [0.15, 0.2) is 5.58 Å². The number of aromatic nitrogens is 1. The number of anilines is 1. The zero-order valence-corrected chi connectivity index (χ0v) is 10.5. The van der Waals surface area contributed by atoms with Crippen LogP contribution in [0.2, 0.25) is 0 Å². The Morgan fingerprint density at radius 1 is 1.31 bits per heavy atom. The highest BCUT2D eigenvalue weighted by atomic mass is 79.9. The molecule has 0 aliphatic carbocycles. The molecule has 1 aromatic carbocycles. The number of nitrogens with two attached hydrogens (primary N) is 1. The van der Waals surface area contributed by atoms with Gasteiger partial charge in [-0.1, -0.05) is 0 Å². The van der Waals surface area contributed by atoms with E-state index in [2.05, 4.69) is 20.9 Å². The maximum absolute atomic E-state index is 5.68. The number of halogens is 1. The summed E-state index contributed by atoms with van der Waals surface area (Å²) in [5.74, 6) is 0.627. The molecule has 16 heavy (non-hydrogen) atoms. The first-order valence-electron chi connectivity index (χ1n) is 4.63. The van der Waals surface area contributed by atoms with Crippen LogP contribution in [0.1, 0.15) is 0 Å². The Balaban J connectivity index is 2.18.